The number of aryl methyl sites for hydroxylation is 1. The normalized spacial score (nSPS) is 10.7. The van der Waals surface area contributed by atoms with Crippen LogP contribution in [0.3, 0.4) is 0 Å². The molecule has 0 bridgehead atoms. The second-order valence-corrected chi connectivity index (χ2v) is 6.04. The molecule has 1 aromatic carbocycles. The Morgan fingerprint density at radius 2 is 1.82 bits per heavy atom. The van der Waals surface area contributed by atoms with E-state index < -0.39 is 0 Å². The van der Waals surface area contributed by atoms with Crippen molar-refractivity contribution in [3.63, 3.8) is 0 Å². The van der Waals surface area contributed by atoms with E-state index in [0.29, 0.717) is 13.0 Å². The number of carbonyl (C=O) groups excluding carboxylic acids is 1. The number of unbranched alkanes of at least 4 members (excludes halogenated alkanes) is 2. The predicted molar refractivity (Wildman–Crippen MR) is 93.7 cm³/mol. The lowest BCUT2D eigenvalue weighted by Gasteiger charge is -2.24. The van der Waals surface area contributed by atoms with Gasteiger partial charge in [0.05, 0.1) is 7.11 Å². The van der Waals surface area contributed by atoms with E-state index in [9.17, 15) is 4.79 Å². The number of benzene rings is 1. The summed E-state index contributed by atoms with van der Waals surface area (Å²) in [5, 5.41) is 2.95. The Hall–Kier alpha value is -1.26. The van der Waals surface area contributed by atoms with Crippen LogP contribution >= 0.6 is 12.4 Å². The van der Waals surface area contributed by atoms with E-state index in [0.717, 1.165) is 31.4 Å². The van der Waals surface area contributed by atoms with Crippen molar-refractivity contribution in [1.82, 2.24) is 5.32 Å². The summed E-state index contributed by atoms with van der Waals surface area (Å²) in [6.45, 7) is 4.33. The maximum Gasteiger partial charge on any atom is 0.220 e. The summed E-state index contributed by atoms with van der Waals surface area (Å²) < 4.78 is 5.13. The van der Waals surface area contributed by atoms with Crippen LogP contribution in [0.25, 0.3) is 0 Å². The number of halogens is 1. The molecule has 22 heavy (non-hydrogen) atoms. The van der Waals surface area contributed by atoms with E-state index in [-0.39, 0.29) is 23.9 Å². The summed E-state index contributed by atoms with van der Waals surface area (Å²) >= 11 is 0. The van der Waals surface area contributed by atoms with Gasteiger partial charge in [-0.3, -0.25) is 4.79 Å². The van der Waals surface area contributed by atoms with Gasteiger partial charge in [0.25, 0.3) is 0 Å². The zero-order chi connectivity index (χ0) is 15.7. The number of nitrogens with two attached hydrogens (primary N) is 1. The molecule has 1 aromatic rings. The topological polar surface area (TPSA) is 64.3 Å². The number of rotatable bonds is 9. The first kappa shape index (κ1) is 20.7. The quantitative estimate of drug-likeness (QED) is 0.685. The summed E-state index contributed by atoms with van der Waals surface area (Å²) in [6.07, 6.45) is 4.69. The molecule has 0 aromatic heterocycles. The van der Waals surface area contributed by atoms with Crippen LogP contribution in [0.2, 0.25) is 0 Å². The lowest BCUT2D eigenvalue weighted by atomic mass is 10.0. The minimum Gasteiger partial charge on any atom is -0.497 e. The first-order chi connectivity index (χ1) is 9.96. The van der Waals surface area contributed by atoms with E-state index in [1.807, 2.05) is 26.0 Å². The molecular formula is C17H29ClN2O2. The second-order valence-electron chi connectivity index (χ2n) is 6.04. The van der Waals surface area contributed by atoms with E-state index in [1.165, 1.54) is 5.56 Å². The van der Waals surface area contributed by atoms with E-state index in [1.54, 1.807) is 7.11 Å². The van der Waals surface area contributed by atoms with Crippen molar-refractivity contribution in [2.24, 2.45) is 5.73 Å². The maximum absolute atomic E-state index is 11.7. The Bertz CT molecular complexity index is 433. The molecule has 0 atom stereocenters. The molecule has 0 saturated carbocycles. The molecule has 126 valence electrons. The second kappa shape index (κ2) is 10.5. The van der Waals surface area contributed by atoms with Crippen LogP contribution in [0.5, 0.6) is 5.75 Å². The number of hydrogen-bond acceptors (Lipinski definition) is 3. The highest BCUT2D eigenvalue weighted by Gasteiger charge is 2.17. The highest BCUT2D eigenvalue weighted by Crippen LogP contribution is 2.14. The number of ether oxygens (including phenoxy) is 1. The van der Waals surface area contributed by atoms with Gasteiger partial charge in [0.15, 0.2) is 0 Å². The fourth-order valence-corrected chi connectivity index (χ4v) is 2.07. The fraction of sp³-hybridized carbons (Fsp3) is 0.588. The van der Waals surface area contributed by atoms with Crippen LogP contribution in [0.1, 0.15) is 45.1 Å². The third kappa shape index (κ3) is 8.25. The van der Waals surface area contributed by atoms with Gasteiger partial charge in [-0.2, -0.15) is 0 Å². The first-order valence-electron chi connectivity index (χ1n) is 7.61. The molecule has 0 aliphatic rings. The molecular weight excluding hydrogens is 300 g/mol. The van der Waals surface area contributed by atoms with Gasteiger partial charge in [-0.25, -0.2) is 0 Å². The number of nitrogens with one attached hydrogen (secondary N) is 1. The summed E-state index contributed by atoms with van der Waals surface area (Å²) in [4.78, 5) is 11.7. The van der Waals surface area contributed by atoms with E-state index in [4.69, 9.17) is 10.5 Å². The highest BCUT2D eigenvalue weighted by atomic mass is 35.5. The summed E-state index contributed by atoms with van der Waals surface area (Å²) in [5.41, 5.74) is 6.60. The van der Waals surface area contributed by atoms with Gasteiger partial charge >= 0.3 is 0 Å². The van der Waals surface area contributed by atoms with E-state index >= 15 is 0 Å². The number of amides is 1. The van der Waals surface area contributed by atoms with Gasteiger partial charge in [0.1, 0.15) is 5.75 Å². The smallest absolute Gasteiger partial charge is 0.220 e. The average molecular weight is 329 g/mol. The Kier molecular flexibility index (Phi) is 9.86. The zero-order valence-corrected chi connectivity index (χ0v) is 14.7. The summed E-state index contributed by atoms with van der Waals surface area (Å²) in [5.74, 6) is 0.979. The summed E-state index contributed by atoms with van der Waals surface area (Å²) in [6, 6.07) is 8.15. The largest absolute Gasteiger partial charge is 0.497 e. The van der Waals surface area contributed by atoms with Crippen LogP contribution in [-0.2, 0) is 11.2 Å². The van der Waals surface area contributed by atoms with Gasteiger partial charge in [0, 0.05) is 18.5 Å². The lowest BCUT2D eigenvalue weighted by molar-refractivity contribution is -0.122. The number of methoxy groups -OCH3 is 1. The van der Waals surface area contributed by atoms with Crippen LogP contribution in [-0.4, -0.2) is 25.1 Å². The molecule has 0 fully saturated rings. The maximum atomic E-state index is 11.7. The highest BCUT2D eigenvalue weighted by molar-refractivity contribution is 5.85. The molecule has 0 heterocycles. The first-order valence-corrected chi connectivity index (χ1v) is 7.61. The molecule has 1 rings (SSSR count). The summed E-state index contributed by atoms with van der Waals surface area (Å²) in [7, 11) is 1.67. The molecule has 0 radical (unpaired) electrons. The average Bonchev–Trinajstić information content (AvgIpc) is 2.47. The molecule has 0 spiro atoms. The molecule has 0 aliphatic carbocycles. The minimum absolute atomic E-state index is 0. The van der Waals surface area contributed by atoms with Crippen LogP contribution < -0.4 is 15.8 Å². The van der Waals surface area contributed by atoms with Crippen molar-refractivity contribution in [2.45, 2.75) is 51.5 Å². The molecule has 3 N–H and O–H groups in total. The number of hydrogen-bond donors (Lipinski definition) is 2. The SMILES string of the molecule is COc1ccc(CCCCCC(=O)NC(C)(C)CN)cc1.Cl. The Morgan fingerprint density at radius 3 is 2.36 bits per heavy atom. The predicted octanol–water partition coefficient (Wildman–Crippen LogP) is 3.07. The van der Waals surface area contributed by atoms with Gasteiger partial charge in [-0.15, -0.1) is 12.4 Å². The van der Waals surface area contributed by atoms with Crippen molar-refractivity contribution in [3.05, 3.63) is 29.8 Å². The van der Waals surface area contributed by atoms with Crippen molar-refractivity contribution >= 4 is 18.3 Å². The molecule has 1 amide bonds. The molecule has 0 saturated heterocycles. The van der Waals surface area contributed by atoms with Gasteiger partial charge < -0.3 is 15.8 Å². The van der Waals surface area contributed by atoms with Crippen LogP contribution in [0.4, 0.5) is 0 Å². The van der Waals surface area contributed by atoms with Crippen molar-refractivity contribution in [1.29, 1.82) is 0 Å². The minimum atomic E-state index is -0.305. The van der Waals surface area contributed by atoms with E-state index in [2.05, 4.69) is 17.4 Å². The van der Waals surface area contributed by atoms with Crippen molar-refractivity contribution < 1.29 is 9.53 Å². The fourth-order valence-electron chi connectivity index (χ4n) is 2.07. The Balaban J connectivity index is 0.00000441. The van der Waals surface area contributed by atoms with Gasteiger partial charge in [0.2, 0.25) is 5.91 Å². The Morgan fingerprint density at radius 1 is 1.18 bits per heavy atom. The van der Waals surface area contributed by atoms with Gasteiger partial charge in [-0.1, -0.05) is 18.6 Å². The monoisotopic (exact) mass is 328 g/mol. The zero-order valence-electron chi connectivity index (χ0n) is 13.9. The third-order valence-corrected chi connectivity index (χ3v) is 3.52. The number of carbonyl (C=O) groups is 1. The van der Waals surface area contributed by atoms with Crippen LogP contribution in [0, 0.1) is 0 Å². The lowest BCUT2D eigenvalue weighted by Crippen LogP contribution is -2.48. The standard InChI is InChI=1S/C17H28N2O2.ClH/c1-17(2,13-18)19-16(20)8-6-4-5-7-14-9-11-15(21-3)12-10-14;/h9-12H,4-8,13,18H2,1-3H3,(H,19,20);1H. The van der Waals surface area contributed by atoms with Gasteiger partial charge in [-0.05, 0) is 50.8 Å². The molecule has 4 nitrogen and oxygen atoms in total. The molecule has 0 aliphatic heterocycles. The van der Waals surface area contributed by atoms with Crippen molar-refractivity contribution in [2.75, 3.05) is 13.7 Å². The molecule has 0 unspecified atom stereocenters. The Labute approximate surface area is 140 Å². The van der Waals surface area contributed by atoms with Crippen LogP contribution in [0.15, 0.2) is 24.3 Å². The molecule has 5 heteroatoms. The van der Waals surface area contributed by atoms with Crippen molar-refractivity contribution in [3.8, 4) is 5.75 Å². The third-order valence-electron chi connectivity index (χ3n) is 3.52.